The second kappa shape index (κ2) is 8.25. The molecular weight excluding hydrogens is 252 g/mol. The molecule has 2 rings (SSSR count). The van der Waals surface area contributed by atoms with E-state index >= 15 is 0 Å². The van der Waals surface area contributed by atoms with Crippen LogP contribution in [0.1, 0.15) is 6.92 Å². The molecule has 1 fully saturated rings. The molecule has 1 aromatic rings. The Hall–Kier alpha value is -1.10. The number of para-hydroxylation sites is 1. The van der Waals surface area contributed by atoms with E-state index in [-0.39, 0.29) is 0 Å². The summed E-state index contributed by atoms with van der Waals surface area (Å²) in [6, 6.07) is 10.4. The summed E-state index contributed by atoms with van der Waals surface area (Å²) in [6.45, 7) is 8.65. The van der Waals surface area contributed by atoms with Gasteiger partial charge in [-0.2, -0.15) is 0 Å². The van der Waals surface area contributed by atoms with Gasteiger partial charge in [0.2, 0.25) is 0 Å². The van der Waals surface area contributed by atoms with E-state index in [1.807, 2.05) is 37.3 Å². The van der Waals surface area contributed by atoms with Gasteiger partial charge in [0.1, 0.15) is 12.4 Å². The van der Waals surface area contributed by atoms with Crippen molar-refractivity contribution >= 4 is 0 Å². The Morgan fingerprint density at radius 1 is 1.05 bits per heavy atom. The highest BCUT2D eigenvalue weighted by molar-refractivity contribution is 5.20. The molecule has 1 aromatic carbocycles. The van der Waals surface area contributed by atoms with Crippen molar-refractivity contribution in [3.8, 4) is 5.75 Å². The molecule has 112 valence electrons. The fraction of sp³-hybridized carbons (Fsp3) is 0.625. The molecule has 4 nitrogen and oxygen atoms in total. The highest BCUT2D eigenvalue weighted by Crippen LogP contribution is 2.12. The lowest BCUT2D eigenvalue weighted by Crippen LogP contribution is -2.52. The van der Waals surface area contributed by atoms with Gasteiger partial charge in [-0.1, -0.05) is 18.2 Å². The van der Waals surface area contributed by atoms with E-state index in [9.17, 15) is 0 Å². The van der Waals surface area contributed by atoms with Gasteiger partial charge in [0.05, 0.1) is 12.6 Å². The van der Waals surface area contributed by atoms with Crippen molar-refractivity contribution in [3.63, 3.8) is 0 Å². The fourth-order valence-electron chi connectivity index (χ4n) is 2.41. The fourth-order valence-corrected chi connectivity index (χ4v) is 2.41. The zero-order valence-corrected chi connectivity index (χ0v) is 12.6. The summed E-state index contributed by atoms with van der Waals surface area (Å²) in [5.74, 6) is 0.933. The highest BCUT2D eigenvalue weighted by atomic mass is 16.5. The minimum absolute atomic E-state index is 0.337. The summed E-state index contributed by atoms with van der Waals surface area (Å²) in [6.07, 6.45) is 0. The summed E-state index contributed by atoms with van der Waals surface area (Å²) in [7, 11) is 2.18. The van der Waals surface area contributed by atoms with Gasteiger partial charge in [-0.05, 0) is 26.1 Å². The molecule has 0 aliphatic carbocycles. The van der Waals surface area contributed by atoms with Crippen LogP contribution in [-0.2, 0) is 4.74 Å². The van der Waals surface area contributed by atoms with E-state index in [1.165, 1.54) is 0 Å². The van der Waals surface area contributed by atoms with Crippen LogP contribution in [0.2, 0.25) is 0 Å². The van der Waals surface area contributed by atoms with Crippen LogP contribution in [0.3, 0.4) is 0 Å². The minimum atomic E-state index is 0.337. The first kappa shape index (κ1) is 15.3. The van der Waals surface area contributed by atoms with E-state index in [0.717, 1.165) is 45.1 Å². The Kier molecular flexibility index (Phi) is 6.30. The Bertz CT molecular complexity index is 364. The van der Waals surface area contributed by atoms with Gasteiger partial charge in [-0.15, -0.1) is 0 Å². The molecule has 1 saturated heterocycles. The molecule has 20 heavy (non-hydrogen) atoms. The molecule has 1 unspecified atom stereocenters. The number of hydrogen-bond donors (Lipinski definition) is 0. The smallest absolute Gasteiger partial charge is 0.119 e. The molecule has 1 heterocycles. The molecule has 0 radical (unpaired) electrons. The first-order chi connectivity index (χ1) is 9.79. The molecule has 0 saturated carbocycles. The van der Waals surface area contributed by atoms with Crippen molar-refractivity contribution in [1.29, 1.82) is 0 Å². The molecule has 1 aliphatic rings. The zero-order chi connectivity index (χ0) is 14.2. The van der Waals surface area contributed by atoms with E-state index in [0.29, 0.717) is 12.6 Å². The average molecular weight is 278 g/mol. The standard InChI is InChI=1S/C16H26N2O2/c1-3-19-13-15(18-11-9-17(2)10-12-18)14-20-16-7-5-4-6-8-16/h4-8,15H,3,9-14H2,1-2H3. The zero-order valence-electron chi connectivity index (χ0n) is 12.6. The van der Waals surface area contributed by atoms with Crippen molar-refractivity contribution in [2.75, 3.05) is 53.0 Å². The lowest BCUT2D eigenvalue weighted by molar-refractivity contribution is 0.0202. The topological polar surface area (TPSA) is 24.9 Å². The van der Waals surface area contributed by atoms with E-state index in [2.05, 4.69) is 16.8 Å². The number of hydrogen-bond acceptors (Lipinski definition) is 4. The maximum atomic E-state index is 5.91. The highest BCUT2D eigenvalue weighted by Gasteiger charge is 2.23. The van der Waals surface area contributed by atoms with Crippen LogP contribution in [0.5, 0.6) is 5.75 Å². The van der Waals surface area contributed by atoms with Crippen molar-refractivity contribution in [2.45, 2.75) is 13.0 Å². The summed E-state index contributed by atoms with van der Waals surface area (Å²) >= 11 is 0. The van der Waals surface area contributed by atoms with Crippen LogP contribution < -0.4 is 4.74 Å². The number of piperazine rings is 1. The molecule has 0 amide bonds. The largest absolute Gasteiger partial charge is 0.492 e. The molecule has 1 atom stereocenters. The Labute approximate surface area is 122 Å². The average Bonchev–Trinajstić information content (AvgIpc) is 2.50. The summed E-state index contributed by atoms with van der Waals surface area (Å²) in [5.41, 5.74) is 0. The van der Waals surface area contributed by atoms with Gasteiger partial charge in [-0.3, -0.25) is 4.90 Å². The van der Waals surface area contributed by atoms with E-state index < -0.39 is 0 Å². The van der Waals surface area contributed by atoms with Gasteiger partial charge < -0.3 is 14.4 Å². The van der Waals surface area contributed by atoms with E-state index in [1.54, 1.807) is 0 Å². The Balaban J connectivity index is 1.86. The van der Waals surface area contributed by atoms with Crippen molar-refractivity contribution in [2.24, 2.45) is 0 Å². The van der Waals surface area contributed by atoms with Gasteiger partial charge in [-0.25, -0.2) is 0 Å². The van der Waals surface area contributed by atoms with Crippen LogP contribution in [0.25, 0.3) is 0 Å². The van der Waals surface area contributed by atoms with Gasteiger partial charge in [0.15, 0.2) is 0 Å². The summed E-state index contributed by atoms with van der Waals surface area (Å²) < 4.78 is 11.5. The molecule has 0 spiro atoms. The molecule has 0 N–H and O–H groups in total. The maximum Gasteiger partial charge on any atom is 0.119 e. The van der Waals surface area contributed by atoms with Crippen molar-refractivity contribution in [1.82, 2.24) is 9.80 Å². The van der Waals surface area contributed by atoms with Crippen LogP contribution in [-0.4, -0.2) is 68.9 Å². The minimum Gasteiger partial charge on any atom is -0.492 e. The van der Waals surface area contributed by atoms with Crippen LogP contribution in [0.4, 0.5) is 0 Å². The third kappa shape index (κ3) is 4.78. The van der Waals surface area contributed by atoms with E-state index in [4.69, 9.17) is 9.47 Å². The predicted molar refractivity (Wildman–Crippen MR) is 81.3 cm³/mol. The molecule has 0 aromatic heterocycles. The monoisotopic (exact) mass is 278 g/mol. The van der Waals surface area contributed by atoms with Crippen molar-refractivity contribution in [3.05, 3.63) is 30.3 Å². The number of ether oxygens (including phenoxy) is 2. The first-order valence-corrected chi connectivity index (χ1v) is 7.47. The number of benzene rings is 1. The van der Waals surface area contributed by atoms with Gasteiger partial charge in [0, 0.05) is 32.8 Å². The van der Waals surface area contributed by atoms with Crippen molar-refractivity contribution < 1.29 is 9.47 Å². The third-order valence-corrected chi connectivity index (χ3v) is 3.75. The number of rotatable bonds is 7. The van der Waals surface area contributed by atoms with Gasteiger partial charge in [0.25, 0.3) is 0 Å². The Morgan fingerprint density at radius 2 is 1.75 bits per heavy atom. The second-order valence-corrected chi connectivity index (χ2v) is 5.28. The molecule has 1 aliphatic heterocycles. The maximum absolute atomic E-state index is 5.91. The lowest BCUT2D eigenvalue weighted by atomic mass is 10.2. The summed E-state index contributed by atoms with van der Waals surface area (Å²) in [5, 5.41) is 0. The first-order valence-electron chi connectivity index (χ1n) is 7.47. The van der Waals surface area contributed by atoms with Gasteiger partial charge >= 0.3 is 0 Å². The number of nitrogens with zero attached hydrogens (tertiary/aromatic N) is 2. The lowest BCUT2D eigenvalue weighted by Gasteiger charge is -2.37. The molecule has 0 bridgehead atoms. The quantitative estimate of drug-likeness (QED) is 0.758. The third-order valence-electron chi connectivity index (χ3n) is 3.75. The summed E-state index contributed by atoms with van der Waals surface area (Å²) in [4.78, 5) is 4.85. The van der Waals surface area contributed by atoms with Crippen LogP contribution in [0.15, 0.2) is 30.3 Å². The second-order valence-electron chi connectivity index (χ2n) is 5.28. The SMILES string of the molecule is CCOCC(COc1ccccc1)N1CCN(C)CC1. The van der Waals surface area contributed by atoms with Crippen LogP contribution >= 0.6 is 0 Å². The van der Waals surface area contributed by atoms with Crippen LogP contribution in [0, 0.1) is 0 Å². The molecule has 4 heteroatoms. The molecular formula is C16H26N2O2. The Morgan fingerprint density at radius 3 is 2.40 bits per heavy atom. The normalized spacial score (nSPS) is 18.9. The number of likely N-dealkylation sites (N-methyl/N-ethyl adjacent to an activating group) is 1. The predicted octanol–water partition coefficient (Wildman–Crippen LogP) is 1.72.